The van der Waals surface area contributed by atoms with Crippen molar-refractivity contribution in [2.75, 3.05) is 30.4 Å². The number of aromatic nitrogens is 1. The molecule has 1 fully saturated rings. The zero-order valence-corrected chi connectivity index (χ0v) is 19.3. The molecule has 1 saturated heterocycles. The van der Waals surface area contributed by atoms with Crippen LogP contribution in [0.25, 0.3) is 0 Å². The molecule has 166 valence electrons. The summed E-state index contributed by atoms with van der Waals surface area (Å²) in [7, 11) is -4.71. The highest BCUT2D eigenvalue weighted by Gasteiger charge is 2.33. The van der Waals surface area contributed by atoms with E-state index in [1.807, 2.05) is 12.1 Å². The number of hydroxylamine groups is 2. The Kier molecular flexibility index (Phi) is 9.59. The molecular formula is C16H22N2O8P2S2. The molecule has 0 radical (unpaired) electrons. The molecule has 1 aromatic heterocycles. The lowest BCUT2D eigenvalue weighted by Gasteiger charge is -2.16. The average molecular weight is 496 g/mol. The fourth-order valence-corrected chi connectivity index (χ4v) is 9.23. The van der Waals surface area contributed by atoms with Gasteiger partial charge in [0.05, 0.1) is 6.42 Å². The molecule has 0 bridgehead atoms. The standard InChI is InChI=1S/C16H22N2O8P2S2/c19-14-4-5-15(20)18(14)26-16(21)6-8-27(22,23)9-10-28(24,25)11-12-29-30-13-3-1-2-7-17-13/h1-3,7H,4-6,8-12H2,(H,22,23)(H,24,25). The maximum Gasteiger partial charge on any atom is 0.333 e. The second-order valence-corrected chi connectivity index (χ2v) is 14.1. The van der Waals surface area contributed by atoms with Gasteiger partial charge in [-0.25, -0.2) is 9.78 Å². The predicted octanol–water partition coefficient (Wildman–Crippen LogP) is 2.36. The zero-order chi connectivity index (χ0) is 22.2. The van der Waals surface area contributed by atoms with Gasteiger partial charge < -0.3 is 14.6 Å². The highest BCUT2D eigenvalue weighted by Crippen LogP contribution is 2.49. The van der Waals surface area contributed by atoms with Crippen LogP contribution in [-0.4, -0.2) is 68.0 Å². The van der Waals surface area contributed by atoms with E-state index in [2.05, 4.69) is 9.82 Å². The minimum absolute atomic E-state index is 0.0152. The molecule has 1 aliphatic rings. The quantitative estimate of drug-likeness (QED) is 0.190. The van der Waals surface area contributed by atoms with Crippen molar-refractivity contribution in [2.45, 2.75) is 24.3 Å². The first-order valence-corrected chi connectivity index (χ1v) is 15.3. The zero-order valence-electron chi connectivity index (χ0n) is 15.9. The van der Waals surface area contributed by atoms with Gasteiger partial charge in [0, 0.05) is 49.4 Å². The van der Waals surface area contributed by atoms with Gasteiger partial charge in [0.25, 0.3) is 11.8 Å². The number of amides is 2. The van der Waals surface area contributed by atoms with Gasteiger partial charge in [-0.05, 0) is 22.9 Å². The van der Waals surface area contributed by atoms with Crippen molar-refractivity contribution in [1.29, 1.82) is 0 Å². The van der Waals surface area contributed by atoms with E-state index < -0.39 is 51.3 Å². The molecule has 0 aromatic carbocycles. The van der Waals surface area contributed by atoms with Crippen molar-refractivity contribution in [3.05, 3.63) is 24.4 Å². The summed E-state index contributed by atoms with van der Waals surface area (Å²) in [6.07, 6.45) is -0.164. The smallest absolute Gasteiger partial charge is 0.333 e. The molecule has 2 N–H and O–H groups in total. The minimum Gasteiger partial charge on any atom is -0.344 e. The molecule has 0 saturated carbocycles. The number of pyridine rings is 1. The van der Waals surface area contributed by atoms with Crippen LogP contribution in [0, 0.1) is 0 Å². The summed E-state index contributed by atoms with van der Waals surface area (Å²) in [6, 6.07) is 5.44. The Labute approximate surface area is 181 Å². The van der Waals surface area contributed by atoms with Crippen LogP contribution in [0.1, 0.15) is 19.3 Å². The van der Waals surface area contributed by atoms with Gasteiger partial charge in [0.1, 0.15) is 5.03 Å². The van der Waals surface area contributed by atoms with Crippen LogP contribution >= 0.6 is 36.3 Å². The Hall–Kier alpha value is -1.16. The third-order valence-electron chi connectivity index (χ3n) is 3.97. The van der Waals surface area contributed by atoms with Crippen LogP contribution < -0.4 is 0 Å². The summed E-state index contributed by atoms with van der Waals surface area (Å²) in [4.78, 5) is 63.2. The number of carbonyl (C=O) groups excluding carboxylic acids is 3. The number of hydrogen-bond donors (Lipinski definition) is 2. The van der Waals surface area contributed by atoms with E-state index in [4.69, 9.17) is 0 Å². The van der Waals surface area contributed by atoms with E-state index in [1.165, 1.54) is 21.6 Å². The molecule has 10 nitrogen and oxygen atoms in total. The van der Waals surface area contributed by atoms with Crippen molar-refractivity contribution in [3.8, 4) is 0 Å². The Morgan fingerprint density at radius 2 is 1.70 bits per heavy atom. The number of nitrogens with zero attached hydrogens (tertiary/aromatic N) is 2. The van der Waals surface area contributed by atoms with E-state index in [9.17, 15) is 33.3 Å². The third-order valence-corrected chi connectivity index (χ3v) is 10.6. The van der Waals surface area contributed by atoms with E-state index in [0.29, 0.717) is 10.8 Å². The summed E-state index contributed by atoms with van der Waals surface area (Å²) in [5.74, 6) is -1.89. The van der Waals surface area contributed by atoms with Crippen LogP contribution in [0.3, 0.4) is 0 Å². The Balaban J connectivity index is 1.67. The molecule has 2 unspecified atom stereocenters. The average Bonchev–Trinajstić information content (AvgIpc) is 3.01. The van der Waals surface area contributed by atoms with Crippen LogP contribution in [0.5, 0.6) is 0 Å². The number of carbonyl (C=O) groups is 3. The normalized spacial score (nSPS) is 18.1. The van der Waals surface area contributed by atoms with E-state index in [1.54, 1.807) is 12.3 Å². The van der Waals surface area contributed by atoms with Crippen molar-refractivity contribution >= 4 is 54.1 Å². The maximum atomic E-state index is 12.2. The molecule has 2 atom stereocenters. The second kappa shape index (κ2) is 11.5. The number of rotatable bonds is 12. The van der Waals surface area contributed by atoms with E-state index >= 15 is 0 Å². The first-order valence-electron chi connectivity index (χ1n) is 8.97. The fourth-order valence-electron chi connectivity index (χ4n) is 2.29. The van der Waals surface area contributed by atoms with Crippen molar-refractivity contribution in [3.63, 3.8) is 0 Å². The Morgan fingerprint density at radius 1 is 1.07 bits per heavy atom. The topological polar surface area (TPSA) is 151 Å². The first-order chi connectivity index (χ1) is 14.1. The maximum absolute atomic E-state index is 12.2. The molecule has 0 spiro atoms. The number of imide groups is 1. The molecule has 0 aliphatic carbocycles. The SMILES string of the molecule is O=C(CCP(=O)(O)CCP(=O)(O)CCSSc1ccccn1)ON1C(=O)CCC1=O. The molecule has 2 amide bonds. The summed E-state index contributed by atoms with van der Waals surface area (Å²) in [6.45, 7) is 0. The van der Waals surface area contributed by atoms with Gasteiger partial charge in [-0.1, -0.05) is 16.9 Å². The molecule has 1 aromatic rings. The molecular weight excluding hydrogens is 474 g/mol. The summed E-state index contributed by atoms with van der Waals surface area (Å²) in [5.41, 5.74) is 0. The monoisotopic (exact) mass is 496 g/mol. The van der Waals surface area contributed by atoms with Gasteiger partial charge >= 0.3 is 5.97 Å². The Bertz CT molecular complexity index is 854. The van der Waals surface area contributed by atoms with Gasteiger partial charge in [-0.15, -0.1) is 5.06 Å². The van der Waals surface area contributed by atoms with Crippen LogP contribution in [-0.2, 0) is 28.4 Å². The van der Waals surface area contributed by atoms with Gasteiger partial charge in [0.2, 0.25) is 14.7 Å². The van der Waals surface area contributed by atoms with E-state index in [-0.39, 0.29) is 25.2 Å². The molecule has 30 heavy (non-hydrogen) atoms. The van der Waals surface area contributed by atoms with Gasteiger partial charge in [-0.3, -0.25) is 18.7 Å². The van der Waals surface area contributed by atoms with Crippen molar-refractivity contribution < 1.29 is 38.1 Å². The van der Waals surface area contributed by atoms with Crippen LogP contribution in [0.15, 0.2) is 29.4 Å². The van der Waals surface area contributed by atoms with Crippen molar-refractivity contribution in [1.82, 2.24) is 10.0 Å². The summed E-state index contributed by atoms with van der Waals surface area (Å²) >= 11 is 0. The lowest BCUT2D eigenvalue weighted by Crippen LogP contribution is -2.32. The van der Waals surface area contributed by atoms with Crippen LogP contribution in [0.4, 0.5) is 0 Å². The molecule has 1 aliphatic heterocycles. The first kappa shape index (κ1) is 25.1. The van der Waals surface area contributed by atoms with E-state index in [0.717, 1.165) is 5.03 Å². The molecule has 2 heterocycles. The predicted molar refractivity (Wildman–Crippen MR) is 113 cm³/mol. The lowest BCUT2D eigenvalue weighted by molar-refractivity contribution is -0.197. The Morgan fingerprint density at radius 3 is 2.30 bits per heavy atom. The fraction of sp³-hybridized carbons (Fsp3) is 0.500. The highest BCUT2D eigenvalue weighted by molar-refractivity contribution is 8.76. The largest absolute Gasteiger partial charge is 0.344 e. The van der Waals surface area contributed by atoms with Crippen molar-refractivity contribution in [2.24, 2.45) is 0 Å². The lowest BCUT2D eigenvalue weighted by atomic mass is 10.4. The minimum atomic E-state index is -3.85. The van der Waals surface area contributed by atoms with Gasteiger partial charge in [-0.2, -0.15) is 0 Å². The van der Waals surface area contributed by atoms with Gasteiger partial charge in [0.15, 0.2) is 0 Å². The van der Waals surface area contributed by atoms with Crippen LogP contribution in [0.2, 0.25) is 0 Å². The highest BCUT2D eigenvalue weighted by atomic mass is 33.1. The molecule has 2 rings (SSSR count). The molecule has 14 heteroatoms. The second-order valence-electron chi connectivity index (χ2n) is 6.46. The number of hydrogen-bond acceptors (Lipinski definition) is 9. The summed E-state index contributed by atoms with van der Waals surface area (Å²) < 4.78 is 24.4. The summed E-state index contributed by atoms with van der Waals surface area (Å²) in [5, 5.41) is 1.15. The third kappa shape index (κ3) is 8.91.